The van der Waals surface area contributed by atoms with Crippen LogP contribution in [0.3, 0.4) is 0 Å². The molecule has 0 fully saturated rings. The smallest absolute Gasteiger partial charge is 0.326 e. The molecule has 3 aromatic rings. The summed E-state index contributed by atoms with van der Waals surface area (Å²) in [7, 11) is 0. The van der Waals surface area contributed by atoms with Gasteiger partial charge in [0.05, 0.1) is 0 Å². The molecule has 23 heavy (non-hydrogen) atoms. The molecule has 0 saturated heterocycles. The van der Waals surface area contributed by atoms with Gasteiger partial charge in [-0.3, -0.25) is 0 Å². The molecule has 2 heterocycles. The summed E-state index contributed by atoms with van der Waals surface area (Å²) in [6.07, 6.45) is 2.19. The molecular formula is C17H18N4O2. The average molecular weight is 310 g/mol. The van der Waals surface area contributed by atoms with Gasteiger partial charge in [0, 0.05) is 34.9 Å². The van der Waals surface area contributed by atoms with Gasteiger partial charge in [0.1, 0.15) is 6.04 Å². The van der Waals surface area contributed by atoms with Crippen LogP contribution >= 0.6 is 0 Å². The van der Waals surface area contributed by atoms with Crippen LogP contribution in [-0.4, -0.2) is 32.1 Å². The Labute approximate surface area is 133 Å². The van der Waals surface area contributed by atoms with Crippen LogP contribution in [-0.2, 0) is 11.2 Å². The van der Waals surface area contributed by atoms with Crippen molar-refractivity contribution in [3.8, 4) is 0 Å². The van der Waals surface area contributed by atoms with Crippen LogP contribution in [0.2, 0.25) is 0 Å². The zero-order valence-corrected chi connectivity index (χ0v) is 13.0. The number of hydrogen-bond donors (Lipinski definition) is 3. The predicted octanol–water partition coefficient (Wildman–Crippen LogP) is 2.68. The van der Waals surface area contributed by atoms with E-state index in [-0.39, 0.29) is 0 Å². The molecule has 0 spiro atoms. The van der Waals surface area contributed by atoms with Gasteiger partial charge >= 0.3 is 5.97 Å². The molecule has 0 unspecified atom stereocenters. The molecule has 1 atom stereocenters. The van der Waals surface area contributed by atoms with Gasteiger partial charge in [-0.15, -0.1) is 0 Å². The van der Waals surface area contributed by atoms with E-state index >= 15 is 0 Å². The average Bonchev–Trinajstić information content (AvgIpc) is 2.89. The van der Waals surface area contributed by atoms with E-state index < -0.39 is 12.0 Å². The Balaban J connectivity index is 1.86. The lowest BCUT2D eigenvalue weighted by atomic mass is 10.1. The molecule has 0 aliphatic heterocycles. The van der Waals surface area contributed by atoms with Crippen molar-refractivity contribution < 1.29 is 9.90 Å². The van der Waals surface area contributed by atoms with Crippen LogP contribution in [0, 0.1) is 13.8 Å². The summed E-state index contributed by atoms with van der Waals surface area (Å²) in [5, 5.41) is 13.5. The van der Waals surface area contributed by atoms with Crippen molar-refractivity contribution in [3.05, 3.63) is 53.5 Å². The van der Waals surface area contributed by atoms with Crippen LogP contribution in [0.25, 0.3) is 10.9 Å². The second-order valence-corrected chi connectivity index (χ2v) is 5.57. The van der Waals surface area contributed by atoms with Crippen molar-refractivity contribution in [2.24, 2.45) is 0 Å². The first-order chi connectivity index (χ1) is 11.0. The largest absolute Gasteiger partial charge is 0.480 e. The summed E-state index contributed by atoms with van der Waals surface area (Å²) in [6, 6.07) is 8.88. The van der Waals surface area contributed by atoms with E-state index in [0.717, 1.165) is 27.9 Å². The Bertz CT molecular complexity index is 836. The van der Waals surface area contributed by atoms with E-state index in [2.05, 4.69) is 20.3 Å². The Morgan fingerprint density at radius 3 is 2.65 bits per heavy atom. The number of carboxylic acids is 1. The van der Waals surface area contributed by atoms with Crippen LogP contribution in [0.4, 0.5) is 5.95 Å². The first-order valence-electron chi connectivity index (χ1n) is 7.39. The van der Waals surface area contributed by atoms with Gasteiger partial charge in [-0.1, -0.05) is 18.2 Å². The molecule has 1 aromatic carbocycles. The van der Waals surface area contributed by atoms with Gasteiger partial charge < -0.3 is 15.4 Å². The SMILES string of the molecule is Cc1cc(C)nc(N[C@@H](Cc2c[nH]c3ccccc23)C(=O)O)n1. The molecule has 2 aromatic heterocycles. The fourth-order valence-corrected chi connectivity index (χ4v) is 2.67. The number of aromatic amines is 1. The van der Waals surface area contributed by atoms with Crippen molar-refractivity contribution in [2.75, 3.05) is 5.32 Å². The fourth-order valence-electron chi connectivity index (χ4n) is 2.67. The van der Waals surface area contributed by atoms with E-state index in [1.807, 2.05) is 50.4 Å². The number of nitrogens with one attached hydrogen (secondary N) is 2. The van der Waals surface area contributed by atoms with Crippen molar-refractivity contribution >= 4 is 22.8 Å². The predicted molar refractivity (Wildman–Crippen MR) is 88.6 cm³/mol. The van der Waals surface area contributed by atoms with E-state index in [9.17, 15) is 9.90 Å². The summed E-state index contributed by atoms with van der Waals surface area (Å²) in [5.41, 5.74) is 3.55. The molecule has 0 bridgehead atoms. The van der Waals surface area contributed by atoms with Crippen LogP contribution in [0.15, 0.2) is 36.5 Å². The van der Waals surface area contributed by atoms with Crippen molar-refractivity contribution in [2.45, 2.75) is 26.3 Å². The minimum absolute atomic E-state index is 0.342. The van der Waals surface area contributed by atoms with Gasteiger partial charge in [-0.25, -0.2) is 14.8 Å². The third-order valence-electron chi connectivity index (χ3n) is 3.68. The highest BCUT2D eigenvalue weighted by molar-refractivity contribution is 5.85. The second kappa shape index (κ2) is 6.08. The molecule has 0 saturated carbocycles. The lowest BCUT2D eigenvalue weighted by molar-refractivity contribution is -0.137. The molecule has 6 nitrogen and oxygen atoms in total. The lowest BCUT2D eigenvalue weighted by Crippen LogP contribution is -2.32. The molecule has 0 radical (unpaired) electrons. The molecule has 0 amide bonds. The number of aryl methyl sites for hydroxylation is 2. The number of para-hydroxylation sites is 1. The Hall–Kier alpha value is -2.89. The summed E-state index contributed by atoms with van der Waals surface area (Å²) in [5.74, 6) is -0.590. The molecular weight excluding hydrogens is 292 g/mol. The Morgan fingerprint density at radius 2 is 1.96 bits per heavy atom. The highest BCUT2D eigenvalue weighted by Crippen LogP contribution is 2.20. The van der Waals surface area contributed by atoms with Crippen LogP contribution < -0.4 is 5.32 Å². The maximum absolute atomic E-state index is 11.6. The number of aliphatic carboxylic acids is 1. The summed E-state index contributed by atoms with van der Waals surface area (Å²) < 4.78 is 0. The van der Waals surface area contributed by atoms with Crippen molar-refractivity contribution in [1.29, 1.82) is 0 Å². The van der Waals surface area contributed by atoms with Gasteiger partial charge in [-0.05, 0) is 31.5 Å². The number of fused-ring (bicyclic) bond motifs is 1. The van der Waals surface area contributed by atoms with Gasteiger partial charge in [0.2, 0.25) is 5.95 Å². The number of rotatable bonds is 5. The second-order valence-electron chi connectivity index (χ2n) is 5.57. The minimum atomic E-state index is -0.932. The number of hydrogen-bond acceptors (Lipinski definition) is 4. The monoisotopic (exact) mass is 310 g/mol. The standard InChI is InChI=1S/C17H18N4O2/c1-10-7-11(2)20-17(19-10)21-15(16(22)23)8-12-9-18-14-6-4-3-5-13(12)14/h3-7,9,15,18H,8H2,1-2H3,(H,22,23)(H,19,20,21)/t15-/m0/s1. The maximum Gasteiger partial charge on any atom is 0.326 e. The number of H-pyrrole nitrogens is 1. The number of nitrogens with zero attached hydrogens (tertiary/aromatic N) is 2. The Kier molecular flexibility index (Phi) is 3.97. The van der Waals surface area contributed by atoms with E-state index in [4.69, 9.17) is 0 Å². The normalized spacial score (nSPS) is 12.3. The van der Waals surface area contributed by atoms with E-state index in [0.29, 0.717) is 12.4 Å². The number of carboxylic acid groups (broad SMARTS) is 1. The minimum Gasteiger partial charge on any atom is -0.480 e. The summed E-state index contributed by atoms with van der Waals surface area (Å²) in [6.45, 7) is 3.71. The van der Waals surface area contributed by atoms with Crippen LogP contribution in [0.5, 0.6) is 0 Å². The van der Waals surface area contributed by atoms with Gasteiger partial charge in [0.25, 0.3) is 0 Å². The molecule has 6 heteroatoms. The number of anilines is 1. The maximum atomic E-state index is 11.6. The summed E-state index contributed by atoms with van der Waals surface area (Å²) >= 11 is 0. The molecule has 3 N–H and O–H groups in total. The molecule has 0 aliphatic rings. The molecule has 3 rings (SSSR count). The van der Waals surface area contributed by atoms with Crippen molar-refractivity contribution in [1.82, 2.24) is 15.0 Å². The first-order valence-corrected chi connectivity index (χ1v) is 7.39. The third-order valence-corrected chi connectivity index (χ3v) is 3.68. The number of aromatic nitrogens is 3. The van der Waals surface area contributed by atoms with Crippen molar-refractivity contribution in [3.63, 3.8) is 0 Å². The Morgan fingerprint density at radius 1 is 1.26 bits per heavy atom. The number of benzene rings is 1. The highest BCUT2D eigenvalue weighted by atomic mass is 16.4. The molecule has 0 aliphatic carbocycles. The zero-order chi connectivity index (χ0) is 16.4. The van der Waals surface area contributed by atoms with Gasteiger partial charge in [0.15, 0.2) is 0 Å². The molecule has 118 valence electrons. The third kappa shape index (κ3) is 3.31. The van der Waals surface area contributed by atoms with E-state index in [1.54, 1.807) is 0 Å². The van der Waals surface area contributed by atoms with E-state index in [1.165, 1.54) is 0 Å². The number of carbonyl (C=O) groups is 1. The quantitative estimate of drug-likeness (QED) is 0.674. The summed E-state index contributed by atoms with van der Waals surface area (Å²) in [4.78, 5) is 23.3. The first kappa shape index (κ1) is 15.0. The fraction of sp³-hybridized carbons (Fsp3) is 0.235. The topological polar surface area (TPSA) is 90.9 Å². The van der Waals surface area contributed by atoms with Gasteiger partial charge in [-0.2, -0.15) is 0 Å². The lowest BCUT2D eigenvalue weighted by Gasteiger charge is -2.14. The zero-order valence-electron chi connectivity index (χ0n) is 13.0. The van der Waals surface area contributed by atoms with Crippen LogP contribution in [0.1, 0.15) is 17.0 Å². The highest BCUT2D eigenvalue weighted by Gasteiger charge is 2.20.